The fourth-order valence-corrected chi connectivity index (χ4v) is 5.40. The molecule has 0 N–H and O–H groups in total. The molecule has 0 saturated carbocycles. The predicted octanol–water partition coefficient (Wildman–Crippen LogP) is 4.44. The third kappa shape index (κ3) is 2.98. The van der Waals surface area contributed by atoms with Crippen LogP contribution in [0.15, 0.2) is 42.9 Å². The first-order chi connectivity index (χ1) is 15.9. The molecule has 1 saturated heterocycles. The van der Waals surface area contributed by atoms with Crippen LogP contribution < -0.4 is 0 Å². The van der Waals surface area contributed by atoms with Gasteiger partial charge in [-0.05, 0) is 49.9 Å². The van der Waals surface area contributed by atoms with Gasteiger partial charge in [0.1, 0.15) is 5.65 Å². The van der Waals surface area contributed by atoms with Crippen molar-refractivity contribution < 1.29 is 18.0 Å². The number of carbonyl (C=O) groups is 1. The van der Waals surface area contributed by atoms with Crippen molar-refractivity contribution in [3.05, 3.63) is 77.1 Å². The normalized spacial score (nSPS) is 19.7. The lowest BCUT2D eigenvalue weighted by molar-refractivity contribution is 0.0391. The maximum Gasteiger partial charge on any atom is 0.256 e. The summed E-state index contributed by atoms with van der Waals surface area (Å²) in [5.74, 6) is -4.03. The first-order valence-electron chi connectivity index (χ1n) is 10.9. The summed E-state index contributed by atoms with van der Waals surface area (Å²) in [6.45, 7) is 0. The second-order valence-electron chi connectivity index (χ2n) is 8.72. The van der Waals surface area contributed by atoms with Crippen molar-refractivity contribution in [2.75, 3.05) is 0 Å². The van der Waals surface area contributed by atoms with Gasteiger partial charge in [0.25, 0.3) is 5.91 Å². The quantitative estimate of drug-likeness (QED) is 0.424. The average Bonchev–Trinajstić information content (AvgIpc) is 3.39. The van der Waals surface area contributed by atoms with Crippen molar-refractivity contribution in [1.82, 2.24) is 24.1 Å². The molecule has 2 atom stereocenters. The Labute approximate surface area is 187 Å². The summed E-state index contributed by atoms with van der Waals surface area (Å²) in [5, 5.41) is 4.67. The number of aromatic nitrogens is 4. The number of aryl methyl sites for hydroxylation is 1. The van der Waals surface area contributed by atoms with E-state index in [1.165, 1.54) is 0 Å². The summed E-state index contributed by atoms with van der Waals surface area (Å²) in [4.78, 5) is 19.7. The van der Waals surface area contributed by atoms with E-state index in [1.807, 2.05) is 15.4 Å². The lowest BCUT2D eigenvalue weighted by atomic mass is 9.81. The van der Waals surface area contributed by atoms with Gasteiger partial charge in [-0.1, -0.05) is 0 Å². The van der Waals surface area contributed by atoms with E-state index in [0.29, 0.717) is 17.7 Å². The smallest absolute Gasteiger partial charge is 0.256 e. The van der Waals surface area contributed by atoms with Gasteiger partial charge in [0.2, 0.25) is 0 Å². The van der Waals surface area contributed by atoms with Crippen molar-refractivity contribution in [2.45, 2.75) is 37.8 Å². The minimum absolute atomic E-state index is 0.0553. The first kappa shape index (κ1) is 20.0. The number of imidazole rings is 1. The van der Waals surface area contributed by atoms with E-state index >= 15 is 0 Å². The van der Waals surface area contributed by atoms with Crippen molar-refractivity contribution in [3.8, 4) is 11.3 Å². The molecule has 3 aromatic heterocycles. The molecule has 4 aromatic rings. The van der Waals surface area contributed by atoms with Gasteiger partial charge >= 0.3 is 0 Å². The molecular weight excluding hydrogens is 431 g/mol. The zero-order valence-electron chi connectivity index (χ0n) is 17.8. The van der Waals surface area contributed by atoms with Crippen LogP contribution >= 0.6 is 0 Å². The lowest BCUT2D eigenvalue weighted by Crippen LogP contribution is -2.49. The van der Waals surface area contributed by atoms with Crippen LogP contribution in [0.3, 0.4) is 0 Å². The van der Waals surface area contributed by atoms with Crippen molar-refractivity contribution in [3.63, 3.8) is 0 Å². The summed E-state index contributed by atoms with van der Waals surface area (Å²) >= 11 is 0. The standard InChI is InChI=1S/C24H20F3N5O/c1-30-23(14-9-17(25)21(27)18(26)10-14)16-11-15-3-2-4-19(22(16)29-30)32(15)24(33)13-5-6-20-28-7-8-31(20)12-13/h5-10,12,15,19H,2-4,11H2,1H3/t15-,19+/m1/s1. The fraction of sp³-hybridized carbons (Fsp3) is 0.292. The lowest BCUT2D eigenvalue weighted by Gasteiger charge is -2.45. The van der Waals surface area contributed by atoms with Crippen LogP contribution in [0.1, 0.15) is 46.9 Å². The molecule has 168 valence electrons. The number of amides is 1. The molecule has 2 aliphatic heterocycles. The van der Waals surface area contributed by atoms with Crippen LogP contribution in [0.4, 0.5) is 13.2 Å². The summed E-state index contributed by atoms with van der Waals surface area (Å²) < 4.78 is 44.9. The number of rotatable bonds is 2. The second-order valence-corrected chi connectivity index (χ2v) is 8.72. The van der Waals surface area contributed by atoms with Gasteiger partial charge in [0.15, 0.2) is 17.5 Å². The Bertz CT molecular complexity index is 1400. The summed E-state index contributed by atoms with van der Waals surface area (Å²) in [7, 11) is 1.70. The number of benzene rings is 1. The predicted molar refractivity (Wildman–Crippen MR) is 114 cm³/mol. The van der Waals surface area contributed by atoms with E-state index in [9.17, 15) is 18.0 Å². The van der Waals surface area contributed by atoms with Crippen LogP contribution in [-0.4, -0.2) is 36.0 Å². The molecule has 2 aliphatic rings. The summed E-state index contributed by atoms with van der Waals surface area (Å²) in [6, 6.07) is 5.32. The Kier molecular flexibility index (Phi) is 4.36. The van der Waals surface area contributed by atoms with E-state index in [4.69, 9.17) is 0 Å². The summed E-state index contributed by atoms with van der Waals surface area (Å²) in [5.41, 5.74) is 3.75. The topological polar surface area (TPSA) is 55.4 Å². The van der Waals surface area contributed by atoms with Crippen LogP contribution in [0.2, 0.25) is 0 Å². The number of nitrogens with zero attached hydrogens (tertiary/aromatic N) is 5. The van der Waals surface area contributed by atoms with Gasteiger partial charge in [0.05, 0.1) is 23.0 Å². The van der Waals surface area contributed by atoms with E-state index in [0.717, 1.165) is 48.3 Å². The molecule has 6 rings (SSSR count). The Morgan fingerprint density at radius 3 is 2.70 bits per heavy atom. The largest absolute Gasteiger partial charge is 0.327 e. The highest BCUT2D eigenvalue weighted by molar-refractivity contribution is 5.95. The molecule has 1 aromatic carbocycles. The monoisotopic (exact) mass is 451 g/mol. The van der Waals surface area contributed by atoms with Crippen molar-refractivity contribution >= 4 is 11.6 Å². The van der Waals surface area contributed by atoms with E-state index in [1.54, 1.807) is 36.4 Å². The number of fused-ring (bicyclic) bond motifs is 5. The van der Waals surface area contributed by atoms with E-state index in [-0.39, 0.29) is 23.6 Å². The zero-order valence-corrected chi connectivity index (χ0v) is 17.8. The first-order valence-corrected chi connectivity index (χ1v) is 10.9. The van der Waals surface area contributed by atoms with Gasteiger partial charge in [-0.2, -0.15) is 5.10 Å². The third-order valence-corrected chi connectivity index (χ3v) is 6.80. The molecule has 0 aliphatic carbocycles. The van der Waals surface area contributed by atoms with Gasteiger partial charge in [-0.25, -0.2) is 18.2 Å². The Balaban J connectivity index is 1.43. The molecule has 2 bridgehead atoms. The highest BCUT2D eigenvalue weighted by Gasteiger charge is 2.43. The maximum atomic E-state index is 14.0. The van der Waals surface area contributed by atoms with Gasteiger partial charge in [-0.15, -0.1) is 0 Å². The molecular formula is C24H20F3N5O. The number of hydrogen-bond acceptors (Lipinski definition) is 3. The van der Waals surface area contributed by atoms with Gasteiger partial charge < -0.3 is 9.30 Å². The molecule has 1 fully saturated rings. The highest BCUT2D eigenvalue weighted by Crippen LogP contribution is 2.45. The fourth-order valence-electron chi connectivity index (χ4n) is 5.40. The highest BCUT2D eigenvalue weighted by atomic mass is 19.2. The summed E-state index contributed by atoms with van der Waals surface area (Å²) in [6.07, 6.45) is 8.33. The van der Waals surface area contributed by atoms with E-state index < -0.39 is 17.5 Å². The second kappa shape index (κ2) is 7.19. The molecule has 0 radical (unpaired) electrons. The van der Waals surface area contributed by atoms with Crippen LogP contribution in [-0.2, 0) is 13.5 Å². The SMILES string of the molecule is Cn1nc2c(c1-c1cc(F)c(F)c(F)c1)C[C@H]1CCC[C@@H]2N1C(=O)c1ccc2nccn2c1. The van der Waals surface area contributed by atoms with Crippen LogP contribution in [0.5, 0.6) is 0 Å². The molecule has 6 nitrogen and oxygen atoms in total. The van der Waals surface area contributed by atoms with Crippen molar-refractivity contribution in [1.29, 1.82) is 0 Å². The number of carbonyl (C=O) groups excluding carboxylic acids is 1. The molecule has 33 heavy (non-hydrogen) atoms. The van der Waals surface area contributed by atoms with Gasteiger partial charge in [-0.3, -0.25) is 9.48 Å². The number of halogens is 3. The zero-order chi connectivity index (χ0) is 22.9. The number of piperidine rings is 1. The minimum atomic E-state index is -1.49. The molecule has 1 amide bonds. The van der Waals surface area contributed by atoms with E-state index in [2.05, 4.69) is 10.1 Å². The third-order valence-electron chi connectivity index (χ3n) is 6.80. The Morgan fingerprint density at radius 1 is 1.12 bits per heavy atom. The molecule has 5 heterocycles. The number of hydrogen-bond donors (Lipinski definition) is 0. The minimum Gasteiger partial charge on any atom is -0.327 e. The molecule has 0 spiro atoms. The maximum absolute atomic E-state index is 14.0. The van der Waals surface area contributed by atoms with Crippen LogP contribution in [0, 0.1) is 17.5 Å². The average molecular weight is 451 g/mol. The Morgan fingerprint density at radius 2 is 1.91 bits per heavy atom. The van der Waals surface area contributed by atoms with Crippen molar-refractivity contribution in [2.24, 2.45) is 7.05 Å². The molecule has 9 heteroatoms. The van der Waals surface area contributed by atoms with Crippen LogP contribution in [0.25, 0.3) is 16.9 Å². The Hall–Kier alpha value is -3.62. The van der Waals surface area contributed by atoms with Gasteiger partial charge in [0, 0.05) is 42.8 Å². The molecule has 0 unspecified atom stereocenters. The number of pyridine rings is 1.